The highest BCUT2D eigenvalue weighted by Gasteiger charge is 2.38. The molecule has 0 bridgehead atoms. The zero-order valence-electron chi connectivity index (χ0n) is 22.3. The molecule has 0 spiro atoms. The molecule has 41 heavy (non-hydrogen) atoms. The van der Waals surface area contributed by atoms with E-state index in [2.05, 4.69) is 15.1 Å². The van der Waals surface area contributed by atoms with E-state index in [4.69, 9.17) is 0 Å². The number of phenolic OH excluding ortho intramolecular Hbond substituents is 1. The van der Waals surface area contributed by atoms with Gasteiger partial charge in [0.1, 0.15) is 5.69 Å². The van der Waals surface area contributed by atoms with E-state index >= 15 is 0 Å². The van der Waals surface area contributed by atoms with E-state index in [9.17, 15) is 31.9 Å². The summed E-state index contributed by atoms with van der Waals surface area (Å²) < 4.78 is 70.2. The molecule has 14 heteroatoms. The fraction of sp³-hybridized carbons (Fsp3) is 0.333. The molecule has 3 heterocycles. The van der Waals surface area contributed by atoms with E-state index in [1.165, 1.54) is 22.8 Å². The van der Waals surface area contributed by atoms with Crippen LogP contribution in [-0.2, 0) is 19.6 Å². The number of aromatic nitrogens is 4. The van der Waals surface area contributed by atoms with Crippen LogP contribution in [0, 0.1) is 11.6 Å². The molecule has 5 rings (SSSR count). The molecule has 1 atom stereocenters. The lowest BCUT2D eigenvalue weighted by Crippen LogP contribution is -2.58. The number of carbonyl (C=O) groups excluding carboxylic acids is 1. The lowest BCUT2D eigenvalue weighted by molar-refractivity contribution is -0.140. The summed E-state index contributed by atoms with van der Waals surface area (Å²) in [4.78, 5) is 27.1. The summed E-state index contributed by atoms with van der Waals surface area (Å²) in [6.07, 6.45) is -3.29. The van der Waals surface area contributed by atoms with Crippen LogP contribution >= 0.6 is 0 Å². The Morgan fingerprint density at radius 3 is 2.49 bits per heavy atom. The number of hydrogen-bond donors (Lipinski definition) is 1. The molecule has 2 aromatic carbocycles. The predicted octanol–water partition coefficient (Wildman–Crippen LogP) is 4.45. The van der Waals surface area contributed by atoms with Gasteiger partial charge >= 0.3 is 12.2 Å². The quantitative estimate of drug-likeness (QED) is 0.362. The fourth-order valence-corrected chi connectivity index (χ4v) is 4.99. The molecule has 2 amide bonds. The first-order valence-electron chi connectivity index (χ1n) is 12.6. The van der Waals surface area contributed by atoms with Gasteiger partial charge in [0, 0.05) is 52.5 Å². The molecule has 0 aliphatic carbocycles. The van der Waals surface area contributed by atoms with Crippen molar-refractivity contribution in [3.05, 3.63) is 65.4 Å². The monoisotopic (exact) mass is 575 g/mol. The Balaban J connectivity index is 1.50. The zero-order chi connectivity index (χ0) is 29.6. The minimum absolute atomic E-state index is 0.108. The van der Waals surface area contributed by atoms with Gasteiger partial charge in [-0.05, 0) is 18.1 Å². The number of phenols is 1. The number of amides is 2. The van der Waals surface area contributed by atoms with Crippen molar-refractivity contribution in [1.82, 2.24) is 29.5 Å². The molecule has 1 aliphatic rings. The number of anilines is 1. The third kappa shape index (κ3) is 5.21. The van der Waals surface area contributed by atoms with Crippen LogP contribution in [0.4, 0.5) is 32.7 Å². The van der Waals surface area contributed by atoms with Crippen molar-refractivity contribution >= 4 is 23.0 Å². The fourth-order valence-electron chi connectivity index (χ4n) is 4.99. The van der Waals surface area contributed by atoms with Crippen molar-refractivity contribution in [3.8, 4) is 17.0 Å². The smallest absolute Gasteiger partial charge is 0.419 e. The maximum Gasteiger partial charge on any atom is 0.419 e. The number of halogens is 5. The second kappa shape index (κ2) is 10.5. The number of fused-ring (bicyclic) bond motifs is 1. The lowest BCUT2D eigenvalue weighted by atomic mass is 10.0. The lowest BCUT2D eigenvalue weighted by Gasteiger charge is -2.42. The van der Waals surface area contributed by atoms with Crippen molar-refractivity contribution in [1.29, 1.82) is 0 Å². The molecular formula is C27H26F5N7O2. The molecule has 4 aromatic rings. The summed E-state index contributed by atoms with van der Waals surface area (Å²) in [6.45, 7) is 1.21. The molecule has 1 fully saturated rings. The zero-order valence-corrected chi connectivity index (χ0v) is 22.3. The predicted molar refractivity (Wildman–Crippen MR) is 140 cm³/mol. The Bertz CT molecular complexity index is 1610. The maximum absolute atomic E-state index is 14.8. The van der Waals surface area contributed by atoms with Crippen LogP contribution in [0.5, 0.6) is 5.75 Å². The summed E-state index contributed by atoms with van der Waals surface area (Å²) in [5.74, 6) is -5.14. The average molecular weight is 576 g/mol. The summed E-state index contributed by atoms with van der Waals surface area (Å²) in [7, 11) is 4.85. The standard InChI is InChI=1S/C27H26F5N7O2/c1-36(2)26(41)39-10-9-38(14-16(39)11-15-7-5-4-6-8-15)25-33-13-18-22(35-37(3)24(18)34-25)17-12-19(27(30,31)32)21(29)23(40)20(17)28/h4-8,12-13,16,40H,9-11,14H2,1-3H3/t16-/m0/s1. The van der Waals surface area contributed by atoms with Crippen molar-refractivity contribution in [3.63, 3.8) is 0 Å². The first kappa shape index (κ1) is 28.1. The van der Waals surface area contributed by atoms with Gasteiger partial charge in [0.05, 0.1) is 17.0 Å². The second-order valence-corrected chi connectivity index (χ2v) is 9.99. The molecule has 2 aromatic heterocycles. The van der Waals surface area contributed by atoms with Crippen molar-refractivity contribution in [2.75, 3.05) is 38.6 Å². The SMILES string of the molecule is CN(C)C(=O)N1CCN(c2ncc3c(-c4cc(C(F)(F)F)c(F)c(O)c4F)nn(C)c3n2)C[C@@H]1Cc1ccccc1. The van der Waals surface area contributed by atoms with Gasteiger partial charge in [-0.3, -0.25) is 0 Å². The van der Waals surface area contributed by atoms with E-state index in [1.54, 1.807) is 19.0 Å². The number of rotatable bonds is 4. The minimum Gasteiger partial charge on any atom is -0.503 e. The van der Waals surface area contributed by atoms with Gasteiger partial charge in [0.15, 0.2) is 23.0 Å². The number of aryl methyl sites for hydroxylation is 1. The van der Waals surface area contributed by atoms with Crippen LogP contribution in [0.3, 0.4) is 0 Å². The Morgan fingerprint density at radius 2 is 1.83 bits per heavy atom. The van der Waals surface area contributed by atoms with Gasteiger partial charge in [-0.25, -0.2) is 23.2 Å². The first-order valence-corrected chi connectivity index (χ1v) is 12.6. The number of alkyl halides is 3. The highest BCUT2D eigenvalue weighted by Crippen LogP contribution is 2.41. The van der Waals surface area contributed by atoms with E-state index in [0.717, 1.165) is 5.56 Å². The van der Waals surface area contributed by atoms with Crippen LogP contribution in [0.25, 0.3) is 22.3 Å². The number of urea groups is 1. The van der Waals surface area contributed by atoms with Gasteiger partial charge in [0.2, 0.25) is 5.95 Å². The van der Waals surface area contributed by atoms with E-state index in [0.29, 0.717) is 32.0 Å². The molecule has 0 radical (unpaired) electrons. The minimum atomic E-state index is -5.18. The Labute approximate surface area is 231 Å². The van der Waals surface area contributed by atoms with Gasteiger partial charge in [-0.1, -0.05) is 30.3 Å². The normalized spacial score (nSPS) is 16.0. The number of aromatic hydroxyl groups is 1. The third-order valence-electron chi connectivity index (χ3n) is 7.01. The molecule has 1 saturated heterocycles. The molecule has 0 unspecified atom stereocenters. The molecular weight excluding hydrogens is 549 g/mol. The van der Waals surface area contributed by atoms with Crippen molar-refractivity contribution in [2.24, 2.45) is 7.05 Å². The van der Waals surface area contributed by atoms with Gasteiger partial charge in [0.25, 0.3) is 0 Å². The Kier molecular flexibility index (Phi) is 7.17. The van der Waals surface area contributed by atoms with E-state index in [-0.39, 0.29) is 34.9 Å². The highest BCUT2D eigenvalue weighted by molar-refractivity contribution is 5.91. The third-order valence-corrected chi connectivity index (χ3v) is 7.01. The van der Waals surface area contributed by atoms with Crippen LogP contribution < -0.4 is 4.90 Å². The maximum atomic E-state index is 14.8. The summed E-state index contributed by atoms with van der Waals surface area (Å²) in [5, 5.41) is 14.0. The highest BCUT2D eigenvalue weighted by atomic mass is 19.4. The Hall–Kier alpha value is -4.49. The van der Waals surface area contributed by atoms with Gasteiger partial charge < -0.3 is 19.8 Å². The summed E-state index contributed by atoms with van der Waals surface area (Å²) >= 11 is 0. The number of benzene rings is 2. The van der Waals surface area contributed by atoms with E-state index < -0.39 is 34.7 Å². The number of hydrogen-bond acceptors (Lipinski definition) is 6. The average Bonchev–Trinajstić information content (AvgIpc) is 3.26. The molecule has 0 saturated carbocycles. The molecule has 216 valence electrons. The number of carbonyl (C=O) groups is 1. The van der Waals surface area contributed by atoms with E-state index in [1.807, 2.05) is 35.2 Å². The van der Waals surface area contributed by atoms with Gasteiger partial charge in [-0.2, -0.15) is 23.3 Å². The number of piperazine rings is 1. The largest absolute Gasteiger partial charge is 0.503 e. The van der Waals surface area contributed by atoms with Crippen molar-refractivity contribution in [2.45, 2.75) is 18.6 Å². The first-order chi connectivity index (χ1) is 19.4. The summed E-state index contributed by atoms with van der Waals surface area (Å²) in [6, 6.07) is 9.66. The molecule has 9 nitrogen and oxygen atoms in total. The molecule has 1 N–H and O–H groups in total. The number of nitrogens with zero attached hydrogens (tertiary/aromatic N) is 7. The van der Waals surface area contributed by atoms with Crippen LogP contribution in [0.2, 0.25) is 0 Å². The van der Waals surface area contributed by atoms with Crippen molar-refractivity contribution < 1.29 is 31.9 Å². The van der Waals surface area contributed by atoms with Crippen LogP contribution in [0.15, 0.2) is 42.6 Å². The Morgan fingerprint density at radius 1 is 1.12 bits per heavy atom. The van der Waals surface area contributed by atoms with Gasteiger partial charge in [-0.15, -0.1) is 0 Å². The van der Waals surface area contributed by atoms with Crippen LogP contribution in [0.1, 0.15) is 11.1 Å². The topological polar surface area (TPSA) is 90.6 Å². The summed E-state index contributed by atoms with van der Waals surface area (Å²) in [5.41, 5.74) is -1.61. The second-order valence-electron chi connectivity index (χ2n) is 9.99. The van der Waals surface area contributed by atoms with Crippen LogP contribution in [-0.4, -0.2) is 80.5 Å². The molecule has 1 aliphatic heterocycles.